The summed E-state index contributed by atoms with van der Waals surface area (Å²) in [6.07, 6.45) is 8.32. The Morgan fingerprint density at radius 1 is 0.983 bits per heavy atom. The molecule has 0 aromatic heterocycles. The van der Waals surface area contributed by atoms with Gasteiger partial charge in [0.05, 0.1) is 31.8 Å². The first-order chi connectivity index (χ1) is 28.8. The van der Waals surface area contributed by atoms with Crippen molar-refractivity contribution in [1.29, 1.82) is 0 Å². The number of carbonyl (C=O) groups excluding carboxylic acids is 2. The molecule has 0 radical (unpaired) electrons. The van der Waals surface area contributed by atoms with Crippen LogP contribution in [0.2, 0.25) is 0 Å². The van der Waals surface area contributed by atoms with Crippen LogP contribution in [0, 0.1) is 17.8 Å². The zero-order chi connectivity index (χ0) is 41.8. The summed E-state index contributed by atoms with van der Waals surface area (Å²) < 4.78 is 25.5. The molecule has 1 heterocycles. The molecule has 6 rings (SSSR count). The summed E-state index contributed by atoms with van der Waals surface area (Å²) in [5.41, 5.74) is 4.26. The van der Waals surface area contributed by atoms with Crippen molar-refractivity contribution in [2.75, 3.05) is 40.6 Å². The maximum absolute atomic E-state index is 14.4. The Balaban J connectivity index is 1.48. The Labute approximate surface area is 347 Å². The lowest BCUT2D eigenvalue weighted by molar-refractivity contribution is -0.255. The lowest BCUT2D eigenvalue weighted by Crippen LogP contribution is -2.69. The van der Waals surface area contributed by atoms with Crippen LogP contribution in [0.5, 0.6) is 17.2 Å². The lowest BCUT2D eigenvalue weighted by Gasteiger charge is -2.59. The van der Waals surface area contributed by atoms with Crippen LogP contribution in [-0.2, 0) is 27.3 Å². The molecule has 3 aromatic rings. The van der Waals surface area contributed by atoms with Crippen LogP contribution >= 0.6 is 0 Å². The number of likely N-dealkylation sites (N-methyl/N-ethyl adjacent to an activating group) is 1. The molecule has 12 heteroatoms. The number of hydrogen-bond donors (Lipinski definition) is 3. The van der Waals surface area contributed by atoms with E-state index < -0.39 is 23.8 Å². The van der Waals surface area contributed by atoms with Crippen LogP contribution in [0.4, 0.5) is 4.79 Å². The molecule has 1 fully saturated rings. The number of ether oxygens (including phenoxy) is 4. The van der Waals surface area contributed by atoms with Gasteiger partial charge in [0.1, 0.15) is 29.9 Å². The molecule has 3 aliphatic rings. The van der Waals surface area contributed by atoms with Crippen molar-refractivity contribution in [2.24, 2.45) is 22.9 Å². The highest BCUT2D eigenvalue weighted by atomic mass is 16.7. The third kappa shape index (κ3) is 10.0. The number of oxime groups is 1. The van der Waals surface area contributed by atoms with Gasteiger partial charge in [-0.1, -0.05) is 72.6 Å². The fourth-order valence-electron chi connectivity index (χ4n) is 9.10. The highest BCUT2D eigenvalue weighted by molar-refractivity contribution is 6.03. The number of carbonyl (C=O) groups is 2. The summed E-state index contributed by atoms with van der Waals surface area (Å²) in [7, 11) is 3.39. The van der Waals surface area contributed by atoms with Crippen LogP contribution in [0.3, 0.4) is 0 Å². The number of nitrogens with one attached hydrogen (secondary N) is 1. The molecule has 6 atom stereocenters. The second-order valence-electron chi connectivity index (χ2n) is 15.5. The Morgan fingerprint density at radius 2 is 1.75 bits per heavy atom. The van der Waals surface area contributed by atoms with Crippen molar-refractivity contribution >= 4 is 17.7 Å². The van der Waals surface area contributed by atoms with Gasteiger partial charge >= 0.3 is 6.09 Å². The minimum absolute atomic E-state index is 0.0235. The lowest BCUT2D eigenvalue weighted by atomic mass is 9.55. The number of allylic oxidation sites excluding steroid dienone is 1. The number of amides is 2. The van der Waals surface area contributed by atoms with Gasteiger partial charge in [0.25, 0.3) is 0 Å². The smallest absolute Gasteiger partial charge is 0.412 e. The standard InChI is InChI=1S/C47H59N3O9/c1-5-25-56-47-42(50(3)43(53)27-33-17-14-19-35(26-33)55-4)30-40(49-57-6-2)38-28-34(18-10-12-23-51)37(20-11-13-24-52)44(45(38)47)39-29-36(21-22-41(39)59-47)58-46(54)48-31-32-15-8-7-9-16-32/h5,7-9,14-17,19,21-22,26,28-29,34,37,42,44-45,51-52H,1,6,10-13,18,20,23-25,27,30-31H2,2-4H3,(H,48,54)/t34-,37+,42-,44+,45+,47+/m0/s1. The van der Waals surface area contributed by atoms with Crippen molar-refractivity contribution < 1.29 is 43.6 Å². The average Bonchev–Trinajstić information content (AvgIpc) is 3.25. The molecule has 316 valence electrons. The van der Waals surface area contributed by atoms with E-state index in [2.05, 4.69) is 18.0 Å². The van der Waals surface area contributed by atoms with Crippen molar-refractivity contribution in [3.8, 4) is 17.2 Å². The van der Waals surface area contributed by atoms with E-state index in [4.69, 9.17) is 28.9 Å². The van der Waals surface area contributed by atoms with E-state index in [0.717, 1.165) is 47.9 Å². The van der Waals surface area contributed by atoms with E-state index in [1.54, 1.807) is 31.2 Å². The largest absolute Gasteiger partial charge is 0.497 e. The molecule has 2 amide bonds. The van der Waals surface area contributed by atoms with Gasteiger partial charge in [0.2, 0.25) is 11.7 Å². The van der Waals surface area contributed by atoms with Crippen molar-refractivity contribution in [2.45, 2.75) is 82.6 Å². The Kier molecular flexibility index (Phi) is 15.2. The molecule has 0 spiro atoms. The number of fused-ring (bicyclic) bond motifs is 2. The highest BCUT2D eigenvalue weighted by Crippen LogP contribution is 2.61. The zero-order valence-corrected chi connectivity index (χ0v) is 34.5. The normalized spacial score (nSPS) is 23.5. The van der Waals surface area contributed by atoms with Gasteiger partial charge in [-0.15, -0.1) is 6.58 Å². The van der Waals surface area contributed by atoms with Crippen molar-refractivity contribution in [3.05, 3.63) is 114 Å². The van der Waals surface area contributed by atoms with Gasteiger partial charge in [-0.25, -0.2) is 4.79 Å². The molecule has 0 unspecified atom stereocenters. The summed E-state index contributed by atoms with van der Waals surface area (Å²) in [6.45, 7) is 6.87. The maximum Gasteiger partial charge on any atom is 0.412 e. The first-order valence-corrected chi connectivity index (χ1v) is 20.8. The number of rotatable bonds is 20. The molecule has 1 saturated carbocycles. The molecule has 0 bridgehead atoms. The molecule has 1 aliphatic heterocycles. The molecule has 0 saturated heterocycles. The fraction of sp³-hybridized carbons (Fsp3) is 0.468. The number of methoxy groups -OCH3 is 1. The molecule has 2 aliphatic carbocycles. The van der Waals surface area contributed by atoms with Crippen LogP contribution in [-0.4, -0.2) is 85.2 Å². The van der Waals surface area contributed by atoms with E-state index in [1.807, 2.05) is 73.7 Å². The average molecular weight is 810 g/mol. The molecule has 59 heavy (non-hydrogen) atoms. The van der Waals surface area contributed by atoms with Gasteiger partial charge in [-0.2, -0.15) is 0 Å². The Hall–Kier alpha value is -5.17. The third-order valence-corrected chi connectivity index (χ3v) is 11.8. The SMILES string of the molecule is C=CCO[C@@]12Oc3ccc(OC(=O)NCc4ccccc4)cc3[C@H]3[C@H](CCCCO)[C@@H](CCCCO)C=C(C(=NOCC)C[C@@H]1N(C)C(=O)Cc1cccc(OC)c1)[C@H]32. The second kappa shape index (κ2) is 20.7. The van der Waals surface area contributed by atoms with E-state index in [-0.39, 0.29) is 49.9 Å². The second-order valence-corrected chi connectivity index (χ2v) is 15.5. The summed E-state index contributed by atoms with van der Waals surface area (Å²) in [4.78, 5) is 35.1. The number of unbranched alkanes of at least 4 members (excludes halogenated alkanes) is 2. The number of aliphatic hydroxyl groups excluding tert-OH is 2. The first-order valence-electron chi connectivity index (χ1n) is 20.8. The maximum atomic E-state index is 14.4. The van der Waals surface area contributed by atoms with E-state index in [9.17, 15) is 19.8 Å². The number of aliphatic hydroxyl groups is 2. The van der Waals surface area contributed by atoms with Crippen molar-refractivity contribution in [3.63, 3.8) is 0 Å². The highest BCUT2D eigenvalue weighted by Gasteiger charge is 2.65. The Bertz CT molecular complexity index is 1950. The first kappa shape index (κ1) is 43.4. The molecule has 3 N–H and O–H groups in total. The van der Waals surface area contributed by atoms with Gasteiger partial charge < -0.3 is 44.2 Å². The van der Waals surface area contributed by atoms with Gasteiger partial charge in [-0.05, 0) is 91.5 Å². The van der Waals surface area contributed by atoms with Gasteiger partial charge in [-0.3, -0.25) is 4.79 Å². The van der Waals surface area contributed by atoms with Crippen LogP contribution < -0.4 is 19.5 Å². The minimum atomic E-state index is -1.39. The van der Waals surface area contributed by atoms with E-state index >= 15 is 0 Å². The summed E-state index contributed by atoms with van der Waals surface area (Å²) in [6, 6.07) is 21.9. The Morgan fingerprint density at radius 3 is 2.47 bits per heavy atom. The quantitative estimate of drug-likeness (QED) is 0.0606. The topological polar surface area (TPSA) is 148 Å². The number of nitrogens with zero attached hydrogens (tertiary/aromatic N) is 2. The summed E-state index contributed by atoms with van der Waals surface area (Å²) >= 11 is 0. The predicted octanol–water partition coefficient (Wildman–Crippen LogP) is 7.34. The number of benzene rings is 3. The minimum Gasteiger partial charge on any atom is -0.497 e. The van der Waals surface area contributed by atoms with Gasteiger partial charge in [0.15, 0.2) is 0 Å². The zero-order valence-electron chi connectivity index (χ0n) is 34.5. The van der Waals surface area contributed by atoms with Gasteiger partial charge in [0, 0.05) is 44.7 Å². The van der Waals surface area contributed by atoms with Crippen LogP contribution in [0.1, 0.15) is 74.5 Å². The molecular weight excluding hydrogens is 751 g/mol. The summed E-state index contributed by atoms with van der Waals surface area (Å²) in [5, 5.41) is 27.3. The predicted molar refractivity (Wildman–Crippen MR) is 225 cm³/mol. The monoisotopic (exact) mass is 809 g/mol. The van der Waals surface area contributed by atoms with E-state index in [0.29, 0.717) is 55.4 Å². The fourth-order valence-corrected chi connectivity index (χ4v) is 9.10. The van der Waals surface area contributed by atoms with E-state index in [1.165, 1.54) is 0 Å². The molecule has 3 aromatic carbocycles. The van der Waals surface area contributed by atoms with Crippen LogP contribution in [0.25, 0.3) is 0 Å². The van der Waals surface area contributed by atoms with Crippen molar-refractivity contribution in [1.82, 2.24) is 10.2 Å². The third-order valence-electron chi connectivity index (χ3n) is 11.8. The number of hydrogen-bond acceptors (Lipinski definition) is 10. The summed E-state index contributed by atoms with van der Waals surface area (Å²) in [5.74, 6) is -0.575. The van der Waals surface area contributed by atoms with Crippen LogP contribution in [0.15, 0.2) is 102 Å². The molecule has 12 nitrogen and oxygen atoms in total. The molecular formula is C47H59N3O9.